The summed E-state index contributed by atoms with van der Waals surface area (Å²) in [6.45, 7) is 5.77. The Morgan fingerprint density at radius 1 is 1.55 bits per heavy atom. The van der Waals surface area contributed by atoms with Crippen LogP contribution < -0.4 is 24.0 Å². The van der Waals surface area contributed by atoms with Gasteiger partial charge >= 0.3 is 5.97 Å². The first kappa shape index (κ1) is 22.8. The van der Waals surface area contributed by atoms with Crippen molar-refractivity contribution < 1.29 is 70.1 Å². The number of carbonyl (C=O) groups excluding carboxylic acids is 1. The van der Waals surface area contributed by atoms with Crippen molar-refractivity contribution in [3.63, 3.8) is 0 Å². The van der Waals surface area contributed by atoms with Crippen LogP contribution in [0, 0.1) is 6.92 Å². The van der Waals surface area contributed by atoms with Gasteiger partial charge in [-0.2, -0.15) is 0 Å². The van der Waals surface area contributed by atoms with Gasteiger partial charge in [0.15, 0.2) is 0 Å². The normalized spacial score (nSPS) is 6.36. The summed E-state index contributed by atoms with van der Waals surface area (Å²) >= 11 is 0. The summed E-state index contributed by atoms with van der Waals surface area (Å²) in [4.78, 5) is 10.4. The zero-order valence-corrected chi connectivity index (χ0v) is 12.6. The van der Waals surface area contributed by atoms with Gasteiger partial charge in [-0.1, -0.05) is 6.92 Å². The summed E-state index contributed by atoms with van der Waals surface area (Å²) < 4.78 is 4.60. The van der Waals surface area contributed by atoms with E-state index in [4.69, 9.17) is 0 Å². The summed E-state index contributed by atoms with van der Waals surface area (Å²) in [6, 6.07) is 0. The molecule has 0 heterocycles. The maximum atomic E-state index is 10.4. The third kappa shape index (κ3) is 18.4. The van der Waals surface area contributed by atoms with Crippen LogP contribution in [0.2, 0.25) is 0 Å². The molecule has 5 heteroatoms. The van der Waals surface area contributed by atoms with Gasteiger partial charge in [0.1, 0.15) is 0 Å². The van der Waals surface area contributed by atoms with Gasteiger partial charge in [-0.15, -0.1) is 0 Å². The van der Waals surface area contributed by atoms with Crippen LogP contribution in [0.3, 0.4) is 0 Å². The number of carbonyl (C=O) groups is 1. The number of ether oxygens (including phenoxy) is 1. The van der Waals surface area contributed by atoms with Crippen molar-refractivity contribution in [2.45, 2.75) is 19.8 Å². The molecule has 0 unspecified atom stereocenters. The molecule has 2 radical (unpaired) electrons. The zero-order valence-electron chi connectivity index (χ0n) is 6.53. The Kier molecular flexibility index (Phi) is 36.2. The SMILES string of the molecule is [CH2]CCC(=O)OCC.[Cu].[I-].[Zn]. The summed E-state index contributed by atoms with van der Waals surface area (Å²) in [6.07, 6.45) is 1.06. The van der Waals surface area contributed by atoms with Crippen LogP contribution in [-0.2, 0) is 46.1 Å². The first-order valence-electron chi connectivity index (χ1n) is 2.76. The van der Waals surface area contributed by atoms with Gasteiger partial charge in [-0.3, -0.25) is 4.79 Å². The minimum atomic E-state index is -0.150. The Balaban J connectivity index is -0.0000000817. The van der Waals surface area contributed by atoms with Gasteiger partial charge in [0.2, 0.25) is 0 Å². The Bertz CT molecular complexity index is 75.0. The van der Waals surface area contributed by atoms with Gasteiger partial charge in [-0.05, 0) is 13.3 Å². The fourth-order valence-electron chi connectivity index (χ4n) is 0.377. The van der Waals surface area contributed by atoms with E-state index in [2.05, 4.69) is 11.7 Å². The Morgan fingerprint density at radius 3 is 2.27 bits per heavy atom. The van der Waals surface area contributed by atoms with Crippen LogP contribution in [0.15, 0.2) is 0 Å². The fourth-order valence-corrected chi connectivity index (χ4v) is 0.377. The second kappa shape index (κ2) is 17.4. The molecule has 0 fully saturated rings. The summed E-state index contributed by atoms with van der Waals surface area (Å²) in [7, 11) is 0. The van der Waals surface area contributed by atoms with E-state index in [0.29, 0.717) is 19.4 Å². The number of rotatable bonds is 3. The summed E-state index contributed by atoms with van der Waals surface area (Å²) in [5, 5.41) is 0. The van der Waals surface area contributed by atoms with E-state index >= 15 is 0 Å². The molecule has 0 aromatic rings. The van der Waals surface area contributed by atoms with Gasteiger partial charge < -0.3 is 28.7 Å². The molecule has 0 atom stereocenters. The van der Waals surface area contributed by atoms with Crippen LogP contribution >= 0.6 is 0 Å². The number of halogens is 1. The van der Waals surface area contributed by atoms with Crippen molar-refractivity contribution in [1.29, 1.82) is 0 Å². The Labute approximate surface area is 108 Å². The van der Waals surface area contributed by atoms with Gasteiger partial charge in [0.05, 0.1) is 6.61 Å². The van der Waals surface area contributed by atoms with E-state index < -0.39 is 0 Å². The molecule has 0 rings (SSSR count). The summed E-state index contributed by atoms with van der Waals surface area (Å²) in [5.41, 5.74) is 0. The first-order chi connectivity index (χ1) is 3.81. The molecule has 0 aliphatic rings. The van der Waals surface area contributed by atoms with E-state index in [9.17, 15) is 4.79 Å². The van der Waals surface area contributed by atoms with Gasteiger partial charge in [0, 0.05) is 43.0 Å². The molecule has 0 amide bonds. The second-order valence-corrected chi connectivity index (χ2v) is 1.41. The maximum Gasteiger partial charge on any atom is 0.305 e. The molecule has 0 N–H and O–H groups in total. The Hall–Kier alpha value is 1.34. The van der Waals surface area contributed by atoms with Crippen LogP contribution in [0.4, 0.5) is 0 Å². The molecule has 0 saturated heterocycles. The number of esters is 1. The van der Waals surface area contributed by atoms with Crippen molar-refractivity contribution in [1.82, 2.24) is 0 Å². The molecule has 0 bridgehead atoms. The van der Waals surface area contributed by atoms with E-state index in [1.165, 1.54) is 0 Å². The first-order valence-corrected chi connectivity index (χ1v) is 2.76. The van der Waals surface area contributed by atoms with Crippen molar-refractivity contribution in [2.75, 3.05) is 6.61 Å². The largest absolute Gasteiger partial charge is 1.00 e. The van der Waals surface area contributed by atoms with Crippen LogP contribution in [0.25, 0.3) is 0 Å². The quantitative estimate of drug-likeness (QED) is 0.332. The minimum Gasteiger partial charge on any atom is -1.00 e. The molecule has 0 aromatic carbocycles. The molecule has 0 aromatic heterocycles. The average Bonchev–Trinajstić information content (AvgIpc) is 1.68. The number of hydrogen-bond acceptors (Lipinski definition) is 2. The number of hydrogen-bond donors (Lipinski definition) is 0. The third-order valence-corrected chi connectivity index (χ3v) is 0.686. The second-order valence-electron chi connectivity index (χ2n) is 1.41. The summed E-state index contributed by atoms with van der Waals surface area (Å²) in [5.74, 6) is -0.150. The average molecular weight is 371 g/mol. The molecule has 2 nitrogen and oxygen atoms in total. The maximum absolute atomic E-state index is 10.4. The molecule has 0 spiro atoms. The van der Waals surface area contributed by atoms with Crippen LogP contribution in [-0.4, -0.2) is 12.6 Å². The van der Waals surface area contributed by atoms with Crippen molar-refractivity contribution in [3.05, 3.63) is 6.92 Å². The predicted molar refractivity (Wildman–Crippen MR) is 31.2 cm³/mol. The molecular weight excluding hydrogens is 360 g/mol. The molecule has 0 saturated carbocycles. The van der Waals surface area contributed by atoms with Crippen molar-refractivity contribution in [3.8, 4) is 0 Å². The van der Waals surface area contributed by atoms with Crippen LogP contribution in [0.1, 0.15) is 19.8 Å². The van der Waals surface area contributed by atoms with E-state index in [1.54, 1.807) is 6.92 Å². The molecule has 0 aliphatic heterocycles. The van der Waals surface area contributed by atoms with E-state index in [-0.39, 0.29) is 66.5 Å². The van der Waals surface area contributed by atoms with Crippen molar-refractivity contribution >= 4 is 5.97 Å². The van der Waals surface area contributed by atoms with Crippen molar-refractivity contribution in [2.24, 2.45) is 0 Å². The van der Waals surface area contributed by atoms with E-state index in [1.807, 2.05) is 0 Å². The smallest absolute Gasteiger partial charge is 0.305 e. The standard InChI is InChI=1S/C6H11O2.Cu.HI.Zn/c1-3-5-6(7)8-4-2;;;/h1,3-5H2,2H3;;1H;/p-1. The molecule has 0 aliphatic carbocycles. The third-order valence-electron chi connectivity index (χ3n) is 0.686. The van der Waals surface area contributed by atoms with E-state index in [0.717, 1.165) is 0 Å². The minimum absolute atomic E-state index is 0. The topological polar surface area (TPSA) is 26.3 Å². The Morgan fingerprint density at radius 2 is 2.00 bits per heavy atom. The van der Waals surface area contributed by atoms with Gasteiger partial charge in [0.25, 0.3) is 0 Å². The van der Waals surface area contributed by atoms with Crippen LogP contribution in [0.5, 0.6) is 0 Å². The van der Waals surface area contributed by atoms with Gasteiger partial charge in [-0.25, -0.2) is 0 Å². The molecule has 68 valence electrons. The zero-order chi connectivity index (χ0) is 6.41. The fraction of sp³-hybridized carbons (Fsp3) is 0.667. The predicted octanol–water partition coefficient (Wildman–Crippen LogP) is -1.84. The molecular formula is C6H11CuIO2Zn-. The molecule has 11 heavy (non-hydrogen) atoms. The monoisotopic (exact) mass is 369 g/mol.